The summed E-state index contributed by atoms with van der Waals surface area (Å²) in [6.07, 6.45) is 2.17. The lowest BCUT2D eigenvalue weighted by Gasteiger charge is -2.17. The Kier molecular flexibility index (Phi) is 2.32. The van der Waals surface area contributed by atoms with Crippen LogP contribution >= 0.6 is 11.8 Å². The van der Waals surface area contributed by atoms with Crippen molar-refractivity contribution >= 4 is 17.4 Å². The molecular formula is C11H13NS. The van der Waals surface area contributed by atoms with Crippen molar-refractivity contribution < 1.29 is 0 Å². The van der Waals surface area contributed by atoms with Crippen LogP contribution in [0.2, 0.25) is 0 Å². The first-order chi connectivity index (χ1) is 6.36. The highest BCUT2D eigenvalue weighted by Gasteiger charge is 2.21. The van der Waals surface area contributed by atoms with Gasteiger partial charge in [-0.3, -0.25) is 0 Å². The lowest BCUT2D eigenvalue weighted by atomic mass is 10.3. The molecule has 1 aliphatic heterocycles. The van der Waals surface area contributed by atoms with Gasteiger partial charge < -0.3 is 4.90 Å². The summed E-state index contributed by atoms with van der Waals surface area (Å²) in [5.41, 5.74) is 1.35. The van der Waals surface area contributed by atoms with Crippen molar-refractivity contribution in [2.45, 2.75) is 18.7 Å². The molecule has 0 amide bonds. The second kappa shape index (κ2) is 3.46. The molecule has 1 nitrogen and oxygen atoms in total. The Hall–Kier alpha value is -0.890. The predicted octanol–water partition coefficient (Wildman–Crippen LogP) is 3.48. The molecule has 0 unspecified atom stereocenters. The highest BCUT2D eigenvalue weighted by molar-refractivity contribution is 8.03. The summed E-state index contributed by atoms with van der Waals surface area (Å²) in [5.74, 6) is 0. The van der Waals surface area contributed by atoms with Crippen LogP contribution in [0.25, 0.3) is 0 Å². The Labute approximate surface area is 83.4 Å². The molecular weight excluding hydrogens is 178 g/mol. The summed E-state index contributed by atoms with van der Waals surface area (Å²) in [6, 6.07) is 8.56. The second-order valence-corrected chi connectivity index (χ2v) is 4.00. The number of benzene rings is 1. The Morgan fingerprint density at radius 2 is 2.15 bits per heavy atom. The number of hydrogen-bond donors (Lipinski definition) is 0. The number of rotatable bonds is 1. The normalized spacial score (nSPS) is 18.0. The minimum absolute atomic E-state index is 1.05. The zero-order valence-corrected chi connectivity index (χ0v) is 8.77. The number of fused-ring (bicyclic) bond motifs is 1. The molecule has 13 heavy (non-hydrogen) atoms. The molecule has 0 spiro atoms. The van der Waals surface area contributed by atoms with E-state index in [0.29, 0.717) is 0 Å². The summed E-state index contributed by atoms with van der Waals surface area (Å²) in [7, 11) is 0. The maximum Gasteiger partial charge on any atom is 0.0757 e. The minimum atomic E-state index is 1.05. The molecule has 0 fully saturated rings. The first-order valence-electron chi connectivity index (χ1n) is 4.57. The van der Waals surface area contributed by atoms with E-state index in [1.54, 1.807) is 0 Å². The van der Waals surface area contributed by atoms with Crippen LogP contribution in [-0.4, -0.2) is 6.54 Å². The Balaban J connectivity index is 2.46. The second-order valence-electron chi connectivity index (χ2n) is 2.94. The fourth-order valence-electron chi connectivity index (χ4n) is 1.59. The lowest BCUT2D eigenvalue weighted by Crippen LogP contribution is -2.15. The van der Waals surface area contributed by atoms with Crippen molar-refractivity contribution in [1.29, 1.82) is 0 Å². The number of anilines is 1. The Morgan fingerprint density at radius 3 is 2.85 bits per heavy atom. The van der Waals surface area contributed by atoms with Gasteiger partial charge in [0.1, 0.15) is 0 Å². The molecule has 68 valence electrons. The predicted molar refractivity (Wildman–Crippen MR) is 59.1 cm³/mol. The molecule has 2 heteroatoms. The fraction of sp³-hybridized carbons (Fsp3) is 0.273. The van der Waals surface area contributed by atoms with Crippen LogP contribution in [0.1, 0.15) is 13.8 Å². The van der Waals surface area contributed by atoms with E-state index in [-0.39, 0.29) is 0 Å². The van der Waals surface area contributed by atoms with Gasteiger partial charge in [-0.2, -0.15) is 0 Å². The van der Waals surface area contributed by atoms with Gasteiger partial charge in [-0.1, -0.05) is 30.0 Å². The summed E-state index contributed by atoms with van der Waals surface area (Å²) in [4.78, 5) is 3.72. The van der Waals surface area contributed by atoms with Crippen molar-refractivity contribution in [3.05, 3.63) is 35.4 Å². The molecule has 0 N–H and O–H groups in total. The zero-order valence-electron chi connectivity index (χ0n) is 7.95. The van der Waals surface area contributed by atoms with Crippen LogP contribution in [0.3, 0.4) is 0 Å². The van der Waals surface area contributed by atoms with Crippen molar-refractivity contribution in [1.82, 2.24) is 0 Å². The first kappa shape index (κ1) is 8.70. The molecule has 0 saturated heterocycles. The van der Waals surface area contributed by atoms with Crippen LogP contribution in [0.15, 0.2) is 40.3 Å². The maximum atomic E-state index is 2.35. The van der Waals surface area contributed by atoms with Crippen LogP contribution in [0.4, 0.5) is 5.69 Å². The maximum absolute atomic E-state index is 2.35. The first-order valence-corrected chi connectivity index (χ1v) is 5.39. The number of nitrogens with zero attached hydrogens (tertiary/aromatic N) is 1. The van der Waals surface area contributed by atoms with Gasteiger partial charge >= 0.3 is 0 Å². The van der Waals surface area contributed by atoms with Gasteiger partial charge in [-0.15, -0.1) is 0 Å². The highest BCUT2D eigenvalue weighted by Crippen LogP contribution is 2.45. The van der Waals surface area contributed by atoms with Gasteiger partial charge in [0.15, 0.2) is 0 Å². The monoisotopic (exact) mass is 191 g/mol. The topological polar surface area (TPSA) is 3.24 Å². The summed E-state index contributed by atoms with van der Waals surface area (Å²) in [5, 5.41) is 1.35. The van der Waals surface area contributed by atoms with Gasteiger partial charge in [0.25, 0.3) is 0 Å². The highest BCUT2D eigenvalue weighted by atomic mass is 32.2. The van der Waals surface area contributed by atoms with Crippen LogP contribution in [0.5, 0.6) is 0 Å². The van der Waals surface area contributed by atoms with Crippen molar-refractivity contribution in [2.75, 3.05) is 11.4 Å². The standard InChI is InChI=1S/C11H13NS/c1-3-11-12(4-2)9-7-5-6-8-10(9)13-11/h3,5-8H,4H2,1-2H3/b11-3-. The van der Waals surface area contributed by atoms with Crippen LogP contribution in [-0.2, 0) is 0 Å². The van der Waals surface area contributed by atoms with Gasteiger partial charge in [0.2, 0.25) is 0 Å². The average Bonchev–Trinajstić information content (AvgIpc) is 2.55. The lowest BCUT2D eigenvalue weighted by molar-refractivity contribution is 1.00. The molecule has 0 saturated carbocycles. The van der Waals surface area contributed by atoms with Crippen molar-refractivity contribution in [3.8, 4) is 0 Å². The SMILES string of the molecule is C/C=C1\Sc2ccccc2N1CC. The molecule has 2 rings (SSSR count). The number of para-hydroxylation sites is 1. The molecule has 1 aromatic carbocycles. The van der Waals surface area contributed by atoms with E-state index in [0.717, 1.165) is 6.54 Å². The van der Waals surface area contributed by atoms with Crippen molar-refractivity contribution in [3.63, 3.8) is 0 Å². The van der Waals surface area contributed by atoms with Gasteiger partial charge in [-0.05, 0) is 26.0 Å². The summed E-state index contributed by atoms with van der Waals surface area (Å²) < 4.78 is 0. The van der Waals surface area contributed by atoms with E-state index in [4.69, 9.17) is 0 Å². The molecule has 0 aliphatic carbocycles. The Morgan fingerprint density at radius 1 is 1.38 bits per heavy atom. The van der Waals surface area contributed by atoms with E-state index in [1.165, 1.54) is 15.6 Å². The van der Waals surface area contributed by atoms with Crippen LogP contribution in [0, 0.1) is 0 Å². The van der Waals surface area contributed by atoms with Gasteiger partial charge in [-0.25, -0.2) is 0 Å². The molecule has 0 aromatic heterocycles. The zero-order chi connectivity index (χ0) is 9.26. The molecule has 0 radical (unpaired) electrons. The third-order valence-electron chi connectivity index (χ3n) is 2.20. The third kappa shape index (κ3) is 1.35. The molecule has 1 heterocycles. The van der Waals surface area contributed by atoms with E-state index in [2.05, 4.69) is 49.1 Å². The number of hydrogen-bond acceptors (Lipinski definition) is 2. The average molecular weight is 191 g/mol. The van der Waals surface area contributed by atoms with Crippen molar-refractivity contribution in [2.24, 2.45) is 0 Å². The summed E-state index contributed by atoms with van der Waals surface area (Å²) >= 11 is 1.86. The number of thioether (sulfide) groups is 1. The van der Waals surface area contributed by atoms with E-state index in [1.807, 2.05) is 11.8 Å². The minimum Gasteiger partial charge on any atom is -0.336 e. The van der Waals surface area contributed by atoms with E-state index in [9.17, 15) is 0 Å². The smallest absolute Gasteiger partial charge is 0.0757 e. The van der Waals surface area contributed by atoms with E-state index < -0.39 is 0 Å². The largest absolute Gasteiger partial charge is 0.336 e. The summed E-state index contributed by atoms with van der Waals surface area (Å²) in [6.45, 7) is 5.33. The Bertz CT molecular complexity index is 344. The quantitative estimate of drug-likeness (QED) is 0.668. The van der Waals surface area contributed by atoms with Crippen LogP contribution < -0.4 is 4.90 Å². The van der Waals surface area contributed by atoms with Gasteiger partial charge in [0, 0.05) is 11.4 Å². The van der Waals surface area contributed by atoms with E-state index >= 15 is 0 Å². The number of allylic oxidation sites excluding steroid dienone is 1. The molecule has 0 atom stereocenters. The molecule has 0 bridgehead atoms. The third-order valence-corrected chi connectivity index (χ3v) is 3.43. The van der Waals surface area contributed by atoms with Gasteiger partial charge in [0.05, 0.1) is 10.7 Å². The molecule has 1 aliphatic rings. The fourth-order valence-corrected chi connectivity index (χ4v) is 2.70. The molecule has 1 aromatic rings.